The molecule has 0 radical (unpaired) electrons. The zero-order valence-corrected chi connectivity index (χ0v) is 13.5. The van der Waals surface area contributed by atoms with E-state index in [0.717, 1.165) is 47.5 Å². The van der Waals surface area contributed by atoms with E-state index in [1.54, 1.807) is 0 Å². The maximum absolute atomic E-state index is 9.17. The van der Waals surface area contributed by atoms with Gasteiger partial charge in [0.25, 0.3) is 0 Å². The summed E-state index contributed by atoms with van der Waals surface area (Å²) in [4.78, 5) is 10.1. The van der Waals surface area contributed by atoms with Crippen LogP contribution in [0.5, 0.6) is 0 Å². The highest BCUT2D eigenvalue weighted by Crippen LogP contribution is 2.35. The molecule has 1 saturated heterocycles. The van der Waals surface area contributed by atoms with Crippen molar-refractivity contribution in [1.82, 2.24) is 9.97 Å². The molecular formula is C19H18N4O. The number of nitriles is 1. The summed E-state index contributed by atoms with van der Waals surface area (Å²) in [5.74, 6) is 0. The number of hydrogen-bond acceptors (Lipinski definition) is 4. The van der Waals surface area contributed by atoms with Gasteiger partial charge in [0.1, 0.15) is 5.65 Å². The Hall–Kier alpha value is -2.84. The Bertz CT molecular complexity index is 925. The summed E-state index contributed by atoms with van der Waals surface area (Å²) in [7, 11) is 0. The minimum absolute atomic E-state index is 0.214. The second-order valence-electron chi connectivity index (χ2n) is 6.08. The van der Waals surface area contributed by atoms with E-state index in [2.05, 4.69) is 33.9 Å². The van der Waals surface area contributed by atoms with Crippen LogP contribution in [0.1, 0.15) is 12.5 Å². The summed E-state index contributed by atoms with van der Waals surface area (Å²) in [5.41, 5.74) is 4.78. The van der Waals surface area contributed by atoms with Gasteiger partial charge in [-0.2, -0.15) is 5.26 Å². The molecule has 3 aromatic rings. The molecule has 0 saturated carbocycles. The lowest BCUT2D eigenvalue weighted by atomic mass is 10.0. The smallest absolute Gasteiger partial charge is 0.139 e. The Balaban J connectivity index is 1.87. The van der Waals surface area contributed by atoms with Crippen molar-refractivity contribution in [2.75, 3.05) is 24.6 Å². The molecule has 1 fully saturated rings. The summed E-state index contributed by atoms with van der Waals surface area (Å²) >= 11 is 0. The molecule has 120 valence electrons. The van der Waals surface area contributed by atoms with Crippen LogP contribution in [0.15, 0.2) is 42.7 Å². The van der Waals surface area contributed by atoms with Crippen LogP contribution in [0, 0.1) is 11.3 Å². The second-order valence-corrected chi connectivity index (χ2v) is 6.08. The summed E-state index contributed by atoms with van der Waals surface area (Å²) in [5, 5.41) is 10.3. The van der Waals surface area contributed by atoms with Crippen LogP contribution in [0.2, 0.25) is 0 Å². The molecule has 5 heteroatoms. The van der Waals surface area contributed by atoms with Crippen LogP contribution in [-0.2, 0) is 4.74 Å². The van der Waals surface area contributed by atoms with Crippen molar-refractivity contribution in [3.05, 3.63) is 48.3 Å². The molecule has 0 unspecified atom stereocenters. The van der Waals surface area contributed by atoms with E-state index in [9.17, 15) is 0 Å². The molecule has 0 spiro atoms. The number of aromatic amines is 1. The largest absolute Gasteiger partial charge is 0.375 e. The lowest BCUT2D eigenvalue weighted by Gasteiger charge is -2.33. The van der Waals surface area contributed by atoms with E-state index in [1.807, 2.05) is 36.7 Å². The standard InChI is InChI=1S/C19H18N4O/c1-13-12-23(7-8-24-13)17-5-6-21-19-18(17)16(11-22-19)15-4-2-3-14(9-15)10-20/h2-6,9,11,13H,7-8,12H2,1H3,(H,21,22)/t13-/m0/s1. The Labute approximate surface area is 140 Å². The quantitative estimate of drug-likeness (QED) is 0.787. The van der Waals surface area contributed by atoms with Gasteiger partial charge in [-0.1, -0.05) is 12.1 Å². The van der Waals surface area contributed by atoms with Gasteiger partial charge in [-0.15, -0.1) is 0 Å². The molecule has 5 nitrogen and oxygen atoms in total. The van der Waals surface area contributed by atoms with Crippen molar-refractivity contribution in [2.24, 2.45) is 0 Å². The van der Waals surface area contributed by atoms with E-state index in [4.69, 9.17) is 10.00 Å². The molecule has 3 heterocycles. The predicted octanol–water partition coefficient (Wildman–Crippen LogP) is 3.33. The third kappa shape index (κ3) is 2.51. The van der Waals surface area contributed by atoms with Gasteiger partial charge in [0, 0.05) is 36.4 Å². The van der Waals surface area contributed by atoms with Gasteiger partial charge in [0.15, 0.2) is 0 Å². The number of ether oxygens (including phenoxy) is 1. The molecule has 1 N–H and O–H groups in total. The highest BCUT2D eigenvalue weighted by Gasteiger charge is 2.21. The Kier molecular flexibility index (Phi) is 3.68. The number of nitrogens with zero attached hydrogens (tertiary/aromatic N) is 3. The number of hydrogen-bond donors (Lipinski definition) is 1. The fraction of sp³-hybridized carbons (Fsp3) is 0.263. The minimum Gasteiger partial charge on any atom is -0.375 e. The Morgan fingerprint density at radius 2 is 2.29 bits per heavy atom. The number of morpholine rings is 1. The predicted molar refractivity (Wildman–Crippen MR) is 93.9 cm³/mol. The Morgan fingerprint density at radius 3 is 3.12 bits per heavy atom. The minimum atomic E-state index is 0.214. The van der Waals surface area contributed by atoms with E-state index in [1.165, 1.54) is 0 Å². The number of pyridine rings is 1. The number of H-pyrrole nitrogens is 1. The number of fused-ring (bicyclic) bond motifs is 1. The van der Waals surface area contributed by atoms with Crippen LogP contribution >= 0.6 is 0 Å². The van der Waals surface area contributed by atoms with Gasteiger partial charge in [0.05, 0.1) is 30.0 Å². The third-order valence-electron chi connectivity index (χ3n) is 4.44. The number of anilines is 1. The molecule has 1 aromatic carbocycles. The Morgan fingerprint density at radius 1 is 1.38 bits per heavy atom. The fourth-order valence-corrected chi connectivity index (χ4v) is 3.32. The summed E-state index contributed by atoms with van der Waals surface area (Å²) in [6, 6.07) is 12.0. The lowest BCUT2D eigenvalue weighted by Crippen LogP contribution is -2.41. The normalized spacial score (nSPS) is 17.8. The second kappa shape index (κ2) is 5.99. The van der Waals surface area contributed by atoms with Gasteiger partial charge < -0.3 is 14.6 Å². The van der Waals surface area contributed by atoms with Crippen LogP contribution in [-0.4, -0.2) is 35.8 Å². The maximum Gasteiger partial charge on any atom is 0.139 e. The topological polar surface area (TPSA) is 64.9 Å². The maximum atomic E-state index is 9.17. The zero-order chi connectivity index (χ0) is 16.5. The van der Waals surface area contributed by atoms with Crippen molar-refractivity contribution >= 4 is 16.7 Å². The first-order valence-electron chi connectivity index (χ1n) is 8.09. The van der Waals surface area contributed by atoms with Gasteiger partial charge >= 0.3 is 0 Å². The van der Waals surface area contributed by atoms with Crippen LogP contribution in [0.4, 0.5) is 5.69 Å². The highest BCUT2D eigenvalue weighted by atomic mass is 16.5. The molecular weight excluding hydrogens is 300 g/mol. The highest BCUT2D eigenvalue weighted by molar-refractivity contribution is 6.02. The van der Waals surface area contributed by atoms with Gasteiger partial charge in [0.2, 0.25) is 0 Å². The van der Waals surface area contributed by atoms with E-state index < -0.39 is 0 Å². The average Bonchev–Trinajstić information content (AvgIpc) is 3.06. The van der Waals surface area contributed by atoms with Crippen molar-refractivity contribution in [1.29, 1.82) is 5.26 Å². The molecule has 24 heavy (non-hydrogen) atoms. The first-order chi connectivity index (χ1) is 11.8. The number of nitrogens with one attached hydrogen (secondary N) is 1. The molecule has 0 amide bonds. The van der Waals surface area contributed by atoms with Crippen LogP contribution < -0.4 is 4.90 Å². The van der Waals surface area contributed by atoms with E-state index in [-0.39, 0.29) is 6.10 Å². The van der Waals surface area contributed by atoms with Gasteiger partial charge in [-0.05, 0) is 30.7 Å². The van der Waals surface area contributed by atoms with E-state index in [0.29, 0.717) is 5.56 Å². The first kappa shape index (κ1) is 14.7. The number of benzene rings is 1. The van der Waals surface area contributed by atoms with E-state index >= 15 is 0 Å². The van der Waals surface area contributed by atoms with Crippen molar-refractivity contribution in [2.45, 2.75) is 13.0 Å². The molecule has 1 aliphatic rings. The molecule has 1 atom stereocenters. The van der Waals surface area contributed by atoms with Crippen molar-refractivity contribution < 1.29 is 4.74 Å². The molecule has 0 bridgehead atoms. The molecule has 2 aromatic heterocycles. The summed E-state index contributed by atoms with van der Waals surface area (Å²) in [6.07, 6.45) is 4.02. The molecule has 4 rings (SSSR count). The van der Waals surface area contributed by atoms with Crippen molar-refractivity contribution in [3.8, 4) is 17.2 Å². The average molecular weight is 318 g/mol. The zero-order valence-electron chi connectivity index (χ0n) is 13.5. The molecule has 0 aliphatic carbocycles. The third-order valence-corrected chi connectivity index (χ3v) is 4.44. The summed E-state index contributed by atoms with van der Waals surface area (Å²) in [6.45, 7) is 4.56. The molecule has 1 aliphatic heterocycles. The monoisotopic (exact) mass is 318 g/mol. The van der Waals surface area contributed by atoms with Crippen LogP contribution in [0.3, 0.4) is 0 Å². The van der Waals surface area contributed by atoms with Gasteiger partial charge in [-0.25, -0.2) is 4.98 Å². The fourth-order valence-electron chi connectivity index (χ4n) is 3.32. The first-order valence-corrected chi connectivity index (χ1v) is 8.09. The number of rotatable bonds is 2. The summed E-state index contributed by atoms with van der Waals surface area (Å²) < 4.78 is 5.67. The lowest BCUT2D eigenvalue weighted by molar-refractivity contribution is 0.0533. The van der Waals surface area contributed by atoms with Crippen LogP contribution in [0.25, 0.3) is 22.2 Å². The van der Waals surface area contributed by atoms with Crippen molar-refractivity contribution in [3.63, 3.8) is 0 Å². The SMILES string of the molecule is C[C@H]1CN(c2ccnc3[nH]cc(-c4cccc(C#N)c4)c23)CCO1. The van der Waals surface area contributed by atoms with Gasteiger partial charge in [-0.3, -0.25) is 0 Å². The number of aromatic nitrogens is 2.